The van der Waals surface area contributed by atoms with Crippen LogP contribution in [0.5, 0.6) is 0 Å². The first-order valence-electron chi connectivity index (χ1n) is 9.76. The number of amides is 2. The number of likely N-dealkylation sites (tertiary alicyclic amines) is 1. The lowest BCUT2D eigenvalue weighted by molar-refractivity contribution is -0.128. The van der Waals surface area contributed by atoms with Gasteiger partial charge in [0.05, 0.1) is 5.92 Å². The molecule has 1 aliphatic heterocycles. The Morgan fingerprint density at radius 3 is 2.50 bits per heavy atom. The zero-order chi connectivity index (χ0) is 21.1. The van der Waals surface area contributed by atoms with Gasteiger partial charge in [-0.3, -0.25) is 14.4 Å². The van der Waals surface area contributed by atoms with Crippen molar-refractivity contribution in [2.45, 2.75) is 13.0 Å². The van der Waals surface area contributed by atoms with E-state index in [0.29, 0.717) is 30.2 Å². The summed E-state index contributed by atoms with van der Waals surface area (Å²) in [7, 11) is 1.76. The van der Waals surface area contributed by atoms with Crippen molar-refractivity contribution in [1.82, 2.24) is 14.5 Å². The number of ketones is 1. The van der Waals surface area contributed by atoms with Gasteiger partial charge in [0.1, 0.15) is 0 Å². The van der Waals surface area contributed by atoms with Crippen molar-refractivity contribution in [1.29, 1.82) is 0 Å². The van der Waals surface area contributed by atoms with Gasteiger partial charge in [0.2, 0.25) is 17.6 Å². The lowest BCUT2D eigenvalue weighted by Crippen LogP contribution is -2.28. The Labute approximate surface area is 174 Å². The number of nitrogens with one attached hydrogen (secondary N) is 1. The maximum Gasteiger partial charge on any atom is 0.229 e. The second-order valence-electron chi connectivity index (χ2n) is 7.42. The van der Waals surface area contributed by atoms with Crippen molar-refractivity contribution >= 4 is 23.3 Å². The highest BCUT2D eigenvalue weighted by Crippen LogP contribution is 2.22. The van der Waals surface area contributed by atoms with Crippen LogP contribution in [0.2, 0.25) is 0 Å². The van der Waals surface area contributed by atoms with E-state index in [1.54, 1.807) is 53.2 Å². The summed E-state index contributed by atoms with van der Waals surface area (Å²) in [5, 5.41) is 2.85. The number of imidazole rings is 1. The average molecular weight is 402 g/mol. The molecule has 0 bridgehead atoms. The van der Waals surface area contributed by atoms with Crippen molar-refractivity contribution in [3.05, 3.63) is 83.9 Å². The predicted octanol–water partition coefficient (Wildman–Crippen LogP) is 2.64. The van der Waals surface area contributed by atoms with Crippen LogP contribution in [0.15, 0.2) is 67.0 Å². The molecule has 3 aromatic rings. The van der Waals surface area contributed by atoms with E-state index in [9.17, 15) is 14.4 Å². The fourth-order valence-electron chi connectivity index (χ4n) is 3.57. The van der Waals surface area contributed by atoms with Gasteiger partial charge in [-0.25, -0.2) is 4.98 Å². The van der Waals surface area contributed by atoms with Crippen LogP contribution in [0.25, 0.3) is 0 Å². The molecule has 4 rings (SSSR count). The minimum absolute atomic E-state index is 0.0185. The summed E-state index contributed by atoms with van der Waals surface area (Å²) < 4.78 is 1.66. The first-order valence-corrected chi connectivity index (χ1v) is 9.76. The van der Waals surface area contributed by atoms with E-state index in [1.165, 1.54) is 0 Å². The summed E-state index contributed by atoms with van der Waals surface area (Å²) in [6, 6.07) is 16.4. The zero-order valence-corrected chi connectivity index (χ0v) is 16.6. The number of carbonyl (C=O) groups is 3. The molecule has 1 aromatic heterocycles. The van der Waals surface area contributed by atoms with Gasteiger partial charge in [-0.2, -0.15) is 0 Å². The third-order valence-corrected chi connectivity index (χ3v) is 5.24. The second-order valence-corrected chi connectivity index (χ2v) is 7.42. The molecular weight excluding hydrogens is 380 g/mol. The number of rotatable bonds is 6. The molecule has 0 aliphatic carbocycles. The first-order chi connectivity index (χ1) is 14.5. The topological polar surface area (TPSA) is 84.3 Å². The normalized spacial score (nSPS) is 16.0. The van der Waals surface area contributed by atoms with Gasteiger partial charge in [-0.05, 0) is 29.8 Å². The Morgan fingerprint density at radius 1 is 1.10 bits per heavy atom. The highest BCUT2D eigenvalue weighted by molar-refractivity contribution is 6.07. The first kappa shape index (κ1) is 19.6. The van der Waals surface area contributed by atoms with E-state index < -0.39 is 5.92 Å². The van der Waals surface area contributed by atoms with E-state index in [0.717, 1.165) is 5.56 Å². The number of hydrogen-bond acceptors (Lipinski definition) is 4. The lowest BCUT2D eigenvalue weighted by Gasteiger charge is -2.16. The van der Waals surface area contributed by atoms with Gasteiger partial charge in [-0.15, -0.1) is 0 Å². The van der Waals surface area contributed by atoms with E-state index >= 15 is 0 Å². The fourth-order valence-corrected chi connectivity index (χ4v) is 3.57. The number of aryl methyl sites for hydroxylation is 1. The van der Waals surface area contributed by atoms with Crippen LogP contribution in [0, 0.1) is 5.92 Å². The molecule has 0 radical (unpaired) electrons. The number of carbonyl (C=O) groups excluding carboxylic acids is 3. The van der Waals surface area contributed by atoms with Crippen molar-refractivity contribution in [2.24, 2.45) is 13.0 Å². The van der Waals surface area contributed by atoms with E-state index in [1.807, 2.05) is 30.3 Å². The van der Waals surface area contributed by atoms with Gasteiger partial charge in [0.25, 0.3) is 0 Å². The van der Waals surface area contributed by atoms with Crippen LogP contribution < -0.4 is 5.32 Å². The molecule has 1 N–H and O–H groups in total. The predicted molar refractivity (Wildman–Crippen MR) is 112 cm³/mol. The van der Waals surface area contributed by atoms with E-state index in [2.05, 4.69) is 10.3 Å². The summed E-state index contributed by atoms with van der Waals surface area (Å²) >= 11 is 0. The molecule has 2 aromatic carbocycles. The molecule has 1 aliphatic rings. The minimum Gasteiger partial charge on any atom is -0.338 e. The monoisotopic (exact) mass is 402 g/mol. The number of aromatic nitrogens is 2. The van der Waals surface area contributed by atoms with Gasteiger partial charge >= 0.3 is 0 Å². The molecule has 152 valence electrons. The number of hydrogen-bond donors (Lipinski definition) is 1. The van der Waals surface area contributed by atoms with Crippen LogP contribution in [0.1, 0.15) is 28.2 Å². The largest absolute Gasteiger partial charge is 0.338 e. The number of benzene rings is 2. The Bertz CT molecular complexity index is 1070. The standard InChI is InChI=1S/C23H22N4O3/c1-26-12-11-24-22(26)21(29)17-7-9-19(10-8-17)25-23(30)18-13-20(28)27(15-18)14-16-5-3-2-4-6-16/h2-12,18H,13-15H2,1H3,(H,25,30). The molecule has 1 fully saturated rings. The zero-order valence-electron chi connectivity index (χ0n) is 16.6. The van der Waals surface area contributed by atoms with Gasteiger partial charge < -0.3 is 14.8 Å². The molecular formula is C23H22N4O3. The maximum absolute atomic E-state index is 12.6. The Morgan fingerprint density at radius 2 is 1.83 bits per heavy atom. The molecule has 1 atom stereocenters. The Kier molecular flexibility index (Phi) is 5.43. The summed E-state index contributed by atoms with van der Waals surface area (Å²) in [5.41, 5.74) is 2.12. The van der Waals surface area contributed by atoms with Crippen LogP contribution in [0.3, 0.4) is 0 Å². The van der Waals surface area contributed by atoms with Gasteiger partial charge in [0, 0.05) is 50.2 Å². The van der Waals surface area contributed by atoms with Crippen molar-refractivity contribution in [3.8, 4) is 0 Å². The minimum atomic E-state index is -0.393. The summed E-state index contributed by atoms with van der Waals surface area (Å²) in [6.45, 7) is 0.905. The molecule has 30 heavy (non-hydrogen) atoms. The van der Waals surface area contributed by atoms with Crippen LogP contribution >= 0.6 is 0 Å². The smallest absolute Gasteiger partial charge is 0.229 e. The molecule has 0 saturated carbocycles. The number of anilines is 1. The van der Waals surface area contributed by atoms with Gasteiger partial charge in [0.15, 0.2) is 5.82 Å². The van der Waals surface area contributed by atoms with Crippen LogP contribution in [0.4, 0.5) is 5.69 Å². The third-order valence-electron chi connectivity index (χ3n) is 5.24. The molecule has 1 unspecified atom stereocenters. The number of nitrogens with zero attached hydrogens (tertiary/aromatic N) is 3. The summed E-state index contributed by atoms with van der Waals surface area (Å²) in [4.78, 5) is 43.2. The summed E-state index contributed by atoms with van der Waals surface area (Å²) in [6.07, 6.45) is 3.49. The maximum atomic E-state index is 12.6. The highest BCUT2D eigenvalue weighted by atomic mass is 16.2. The van der Waals surface area contributed by atoms with E-state index in [4.69, 9.17) is 0 Å². The fraction of sp³-hybridized carbons (Fsp3) is 0.217. The lowest BCUT2D eigenvalue weighted by atomic mass is 10.1. The van der Waals surface area contributed by atoms with Gasteiger partial charge in [-0.1, -0.05) is 30.3 Å². The average Bonchev–Trinajstić information content (AvgIpc) is 3.34. The molecule has 7 nitrogen and oxygen atoms in total. The quantitative estimate of drug-likeness (QED) is 0.643. The Balaban J connectivity index is 1.36. The summed E-state index contributed by atoms with van der Waals surface area (Å²) in [5.74, 6) is -0.430. The molecule has 2 amide bonds. The highest BCUT2D eigenvalue weighted by Gasteiger charge is 2.34. The van der Waals surface area contributed by atoms with Crippen molar-refractivity contribution < 1.29 is 14.4 Å². The van der Waals surface area contributed by atoms with Crippen molar-refractivity contribution in [2.75, 3.05) is 11.9 Å². The Hall–Kier alpha value is -3.74. The third kappa shape index (κ3) is 4.15. The van der Waals surface area contributed by atoms with E-state index in [-0.39, 0.29) is 24.0 Å². The second kappa shape index (κ2) is 8.32. The van der Waals surface area contributed by atoms with Crippen LogP contribution in [-0.2, 0) is 23.2 Å². The molecule has 2 heterocycles. The molecule has 7 heteroatoms. The van der Waals surface area contributed by atoms with Crippen molar-refractivity contribution in [3.63, 3.8) is 0 Å². The SMILES string of the molecule is Cn1ccnc1C(=O)c1ccc(NC(=O)C2CC(=O)N(Cc3ccccc3)C2)cc1. The molecule has 0 spiro atoms. The van der Waals surface area contributed by atoms with Crippen LogP contribution in [-0.4, -0.2) is 38.6 Å². The molecule has 1 saturated heterocycles.